The highest BCUT2D eigenvalue weighted by molar-refractivity contribution is 7.84. The molecular weight excluding hydrogens is 481 g/mol. The standard InChI is InChI=1S/C28H49ClNO4P/c1-4-6-8-10-12-14-17-21-26(22-18-15-13-11-9-7-5-2)33-28(31)25(3)30-35(29,32)34-27-23-19-16-20-24-27/h16,19-20,23-26H,4-15,17-18,21-22H2,1-3H3,(H,30,32)/t25-,35?/m0/s1. The largest absolute Gasteiger partial charge is 0.461 e. The van der Waals surface area contributed by atoms with Crippen LogP contribution in [0.5, 0.6) is 5.75 Å². The molecule has 1 aromatic rings. The van der Waals surface area contributed by atoms with Crippen molar-refractivity contribution in [2.45, 2.75) is 136 Å². The monoisotopic (exact) mass is 529 g/mol. The summed E-state index contributed by atoms with van der Waals surface area (Å²) < 4.78 is 23.9. The highest BCUT2D eigenvalue weighted by Crippen LogP contribution is 2.48. The summed E-state index contributed by atoms with van der Waals surface area (Å²) in [5.41, 5.74) is 0. The molecule has 0 bridgehead atoms. The molecular formula is C28H49ClNO4P. The van der Waals surface area contributed by atoms with Crippen LogP contribution < -0.4 is 9.61 Å². The number of ether oxygens (including phenoxy) is 1. The Kier molecular flexibility index (Phi) is 18.4. The minimum atomic E-state index is -3.73. The zero-order chi connectivity index (χ0) is 25.8. The second kappa shape index (κ2) is 20.1. The second-order valence-electron chi connectivity index (χ2n) is 9.61. The zero-order valence-corrected chi connectivity index (χ0v) is 24.0. The normalized spacial score (nSPS) is 14.0. The topological polar surface area (TPSA) is 64.6 Å². The van der Waals surface area contributed by atoms with E-state index in [1.54, 1.807) is 31.2 Å². The highest BCUT2D eigenvalue weighted by Gasteiger charge is 2.29. The van der Waals surface area contributed by atoms with Gasteiger partial charge >= 0.3 is 12.8 Å². The number of hydrogen-bond acceptors (Lipinski definition) is 4. The van der Waals surface area contributed by atoms with Crippen LogP contribution in [-0.2, 0) is 14.1 Å². The van der Waals surface area contributed by atoms with Crippen molar-refractivity contribution >= 4 is 24.1 Å². The van der Waals surface area contributed by atoms with Gasteiger partial charge in [0.2, 0.25) is 0 Å². The Balaban J connectivity index is 2.49. The van der Waals surface area contributed by atoms with Crippen LogP contribution in [0.1, 0.15) is 124 Å². The predicted octanol–water partition coefficient (Wildman–Crippen LogP) is 9.58. The number of halogens is 1. The fourth-order valence-corrected chi connectivity index (χ4v) is 5.81. The molecule has 7 heteroatoms. The summed E-state index contributed by atoms with van der Waals surface area (Å²) in [7, 11) is 0. The molecule has 0 saturated heterocycles. The molecule has 5 nitrogen and oxygen atoms in total. The first-order chi connectivity index (χ1) is 16.9. The molecule has 2 atom stereocenters. The van der Waals surface area contributed by atoms with Crippen LogP contribution in [0, 0.1) is 0 Å². The van der Waals surface area contributed by atoms with Crippen molar-refractivity contribution in [3.63, 3.8) is 0 Å². The molecule has 0 aliphatic heterocycles. The maximum atomic E-state index is 12.8. The van der Waals surface area contributed by atoms with Crippen molar-refractivity contribution < 1.29 is 18.6 Å². The smallest absolute Gasteiger partial charge is 0.409 e. The lowest BCUT2D eigenvalue weighted by molar-refractivity contribution is -0.151. The number of hydrogen-bond donors (Lipinski definition) is 1. The minimum absolute atomic E-state index is 0.109. The fraction of sp³-hybridized carbons (Fsp3) is 0.750. The van der Waals surface area contributed by atoms with Crippen molar-refractivity contribution in [1.82, 2.24) is 5.09 Å². The van der Waals surface area contributed by atoms with Gasteiger partial charge in [-0.3, -0.25) is 4.79 Å². The van der Waals surface area contributed by atoms with Crippen LogP contribution in [-0.4, -0.2) is 18.1 Å². The Morgan fingerprint density at radius 1 is 0.829 bits per heavy atom. The first-order valence-electron chi connectivity index (χ1n) is 13.9. The van der Waals surface area contributed by atoms with E-state index in [-0.39, 0.29) is 6.10 Å². The molecule has 0 fully saturated rings. The summed E-state index contributed by atoms with van der Waals surface area (Å²) in [6, 6.07) is 7.87. The molecule has 0 aromatic heterocycles. The Bertz CT molecular complexity index is 685. The van der Waals surface area contributed by atoms with E-state index in [9.17, 15) is 9.36 Å². The third-order valence-electron chi connectivity index (χ3n) is 6.21. The molecule has 0 spiro atoms. The maximum absolute atomic E-state index is 12.8. The first-order valence-corrected chi connectivity index (χ1v) is 16.4. The van der Waals surface area contributed by atoms with E-state index in [4.69, 9.17) is 20.5 Å². The Hall–Kier alpha value is -1.03. The number of rotatable bonds is 22. The number of carbonyl (C=O) groups excluding carboxylic acids is 1. The average Bonchev–Trinajstić information content (AvgIpc) is 2.82. The van der Waals surface area contributed by atoms with Crippen LogP contribution in [0.25, 0.3) is 0 Å². The van der Waals surface area contributed by atoms with Gasteiger partial charge < -0.3 is 9.26 Å². The number of benzene rings is 1. The molecule has 35 heavy (non-hydrogen) atoms. The fourth-order valence-electron chi connectivity index (χ4n) is 4.11. The quantitative estimate of drug-likeness (QED) is 0.0919. The molecule has 1 rings (SSSR count). The molecule has 1 N–H and O–H groups in total. The molecule has 1 unspecified atom stereocenters. The van der Waals surface area contributed by atoms with Crippen molar-refractivity contribution in [1.29, 1.82) is 0 Å². The van der Waals surface area contributed by atoms with Crippen LogP contribution >= 0.6 is 18.1 Å². The van der Waals surface area contributed by atoms with Crippen LogP contribution in [0.4, 0.5) is 0 Å². The molecule has 0 saturated carbocycles. The Labute approximate surface area is 219 Å². The maximum Gasteiger partial charge on any atom is 0.409 e. The minimum Gasteiger partial charge on any atom is -0.461 e. The third-order valence-corrected chi connectivity index (χ3v) is 7.85. The number of esters is 1. The van der Waals surface area contributed by atoms with Crippen molar-refractivity contribution in [3.8, 4) is 5.75 Å². The van der Waals surface area contributed by atoms with E-state index >= 15 is 0 Å². The molecule has 0 aliphatic rings. The average molecular weight is 530 g/mol. The van der Waals surface area contributed by atoms with E-state index in [1.165, 1.54) is 77.0 Å². The van der Waals surface area contributed by atoms with E-state index < -0.39 is 18.9 Å². The van der Waals surface area contributed by atoms with Gasteiger partial charge in [-0.1, -0.05) is 109 Å². The molecule has 0 amide bonds. The summed E-state index contributed by atoms with van der Waals surface area (Å²) in [6.45, 7) is 2.35. The molecule has 1 aromatic carbocycles. The number of para-hydroxylation sites is 1. The summed E-state index contributed by atoms with van der Waals surface area (Å²) in [6.07, 6.45) is 18.9. The number of carbonyl (C=O) groups is 1. The molecule has 202 valence electrons. The van der Waals surface area contributed by atoms with Gasteiger partial charge in [-0.15, -0.1) is 0 Å². The lowest BCUT2D eigenvalue weighted by atomic mass is 10.0. The van der Waals surface area contributed by atoms with Gasteiger partial charge in [-0.25, -0.2) is 9.65 Å². The van der Waals surface area contributed by atoms with Gasteiger partial charge in [0.1, 0.15) is 17.9 Å². The van der Waals surface area contributed by atoms with Crippen LogP contribution in [0.2, 0.25) is 0 Å². The van der Waals surface area contributed by atoms with E-state index in [0.29, 0.717) is 5.75 Å². The van der Waals surface area contributed by atoms with Crippen molar-refractivity contribution in [3.05, 3.63) is 30.3 Å². The highest BCUT2D eigenvalue weighted by atomic mass is 35.7. The number of unbranched alkanes of at least 4 members (excludes halogenated alkanes) is 12. The van der Waals surface area contributed by atoms with E-state index in [2.05, 4.69) is 18.9 Å². The Morgan fingerprint density at radius 2 is 1.29 bits per heavy atom. The van der Waals surface area contributed by atoms with Gasteiger partial charge in [0, 0.05) is 11.2 Å². The SMILES string of the molecule is CCCCCCCCCC(CCCCCCCCC)OC(=O)[C@H](C)NP(=O)(Cl)Oc1ccccc1. The van der Waals surface area contributed by atoms with Gasteiger partial charge in [0.05, 0.1) is 0 Å². The van der Waals surface area contributed by atoms with Gasteiger partial charge in [-0.05, 0) is 44.7 Å². The number of nitrogens with one attached hydrogen (secondary N) is 1. The van der Waals surface area contributed by atoms with E-state index in [0.717, 1.165) is 25.7 Å². The zero-order valence-electron chi connectivity index (χ0n) is 22.3. The molecule has 0 aliphatic carbocycles. The lowest BCUT2D eigenvalue weighted by Gasteiger charge is -2.22. The summed E-state index contributed by atoms with van der Waals surface area (Å²) in [5.74, 6) is -0.0481. The van der Waals surface area contributed by atoms with Crippen molar-refractivity contribution in [2.24, 2.45) is 0 Å². The van der Waals surface area contributed by atoms with Gasteiger partial charge in [0.25, 0.3) is 0 Å². The predicted molar refractivity (Wildman–Crippen MR) is 148 cm³/mol. The second-order valence-corrected chi connectivity index (χ2v) is 12.3. The van der Waals surface area contributed by atoms with Crippen molar-refractivity contribution in [2.75, 3.05) is 0 Å². The lowest BCUT2D eigenvalue weighted by Crippen LogP contribution is -2.35. The summed E-state index contributed by atoms with van der Waals surface area (Å²) >= 11 is 6.07. The summed E-state index contributed by atoms with van der Waals surface area (Å²) in [4.78, 5) is 12.8. The van der Waals surface area contributed by atoms with Gasteiger partial charge in [0.15, 0.2) is 0 Å². The molecule has 0 radical (unpaired) electrons. The van der Waals surface area contributed by atoms with E-state index in [1.807, 2.05) is 6.07 Å². The molecule has 0 heterocycles. The first kappa shape index (κ1) is 32.0. The van der Waals surface area contributed by atoms with Crippen LogP contribution in [0.3, 0.4) is 0 Å². The summed E-state index contributed by atoms with van der Waals surface area (Å²) in [5, 5.41) is 2.63. The Morgan fingerprint density at radius 3 is 1.77 bits per heavy atom. The van der Waals surface area contributed by atoms with Gasteiger partial charge in [-0.2, -0.15) is 0 Å². The third kappa shape index (κ3) is 17.1. The van der Waals surface area contributed by atoms with Crippen LogP contribution in [0.15, 0.2) is 30.3 Å².